The van der Waals surface area contributed by atoms with E-state index in [2.05, 4.69) is 0 Å². The summed E-state index contributed by atoms with van der Waals surface area (Å²) in [5.41, 5.74) is 3.12. The molecule has 0 fully saturated rings. The van der Waals surface area contributed by atoms with Gasteiger partial charge in [0.2, 0.25) is 0 Å². The van der Waals surface area contributed by atoms with Gasteiger partial charge in [0.05, 0.1) is 7.11 Å². The van der Waals surface area contributed by atoms with Crippen molar-refractivity contribution < 1.29 is 23.8 Å². The van der Waals surface area contributed by atoms with E-state index in [1.54, 1.807) is 30.7 Å². The highest BCUT2D eigenvalue weighted by Gasteiger charge is 2.54. The molecule has 0 bridgehead atoms. The Kier molecular flexibility index (Phi) is 7.56. The fraction of sp³-hybridized carbons (Fsp3) is 0.242. The molecule has 0 saturated heterocycles. The Morgan fingerprint density at radius 1 is 0.750 bits per heavy atom. The average molecular weight is 538 g/mol. The molecule has 7 nitrogen and oxygen atoms in total. The van der Waals surface area contributed by atoms with Crippen LogP contribution in [0, 0.1) is 19.3 Å². The first-order valence-electron chi connectivity index (χ1n) is 13.1. The van der Waals surface area contributed by atoms with E-state index in [0.717, 1.165) is 16.7 Å². The second kappa shape index (κ2) is 11.2. The number of carbonyl (C=O) groups excluding carboxylic acids is 2. The molecule has 0 aliphatic heterocycles. The number of pyridine rings is 1. The lowest BCUT2D eigenvalue weighted by atomic mass is 9.84. The molecule has 0 atom stereocenters. The third-order valence-electron chi connectivity index (χ3n) is 7.61. The summed E-state index contributed by atoms with van der Waals surface area (Å²) in [5.74, 6) is -0.644. The van der Waals surface area contributed by atoms with Crippen molar-refractivity contribution in [3.8, 4) is 11.4 Å². The highest BCUT2D eigenvalue weighted by Crippen LogP contribution is 2.42. The lowest BCUT2D eigenvalue weighted by Gasteiger charge is -2.25. The predicted octanol–water partition coefficient (Wildman–Crippen LogP) is 5.03. The third-order valence-corrected chi connectivity index (χ3v) is 7.61. The molecule has 0 saturated carbocycles. The van der Waals surface area contributed by atoms with E-state index in [1.165, 1.54) is 0 Å². The molecule has 0 unspecified atom stereocenters. The molecular weight excluding hydrogens is 506 g/mol. The molecule has 5 rings (SSSR count). The number of methoxy groups -OCH3 is 1. The minimum atomic E-state index is -1.60. The first-order valence-corrected chi connectivity index (χ1v) is 13.1. The van der Waals surface area contributed by atoms with Crippen LogP contribution in [0.2, 0.25) is 0 Å². The van der Waals surface area contributed by atoms with E-state index in [4.69, 9.17) is 14.2 Å². The predicted molar refractivity (Wildman–Crippen MR) is 150 cm³/mol. The summed E-state index contributed by atoms with van der Waals surface area (Å²) in [6.45, 7) is 3.63. The number of carbonyl (C=O) groups is 2. The van der Waals surface area contributed by atoms with Crippen molar-refractivity contribution >= 4 is 11.9 Å². The fourth-order valence-electron chi connectivity index (χ4n) is 5.31. The van der Waals surface area contributed by atoms with E-state index < -0.39 is 17.4 Å². The van der Waals surface area contributed by atoms with Gasteiger partial charge in [-0.2, -0.15) is 0 Å². The maximum Gasteiger partial charge on any atom is 0.324 e. The Bertz CT molecular complexity index is 1540. The van der Waals surface area contributed by atoms with E-state index in [0.29, 0.717) is 28.3 Å². The van der Waals surface area contributed by atoms with Gasteiger partial charge in [0, 0.05) is 29.8 Å². The Hall–Kier alpha value is -4.65. The van der Waals surface area contributed by atoms with Crippen LogP contribution in [0.1, 0.15) is 33.5 Å². The van der Waals surface area contributed by atoms with Gasteiger partial charge >= 0.3 is 11.9 Å². The van der Waals surface area contributed by atoms with Gasteiger partial charge in [0.15, 0.2) is 5.41 Å². The Morgan fingerprint density at radius 3 is 1.75 bits per heavy atom. The van der Waals surface area contributed by atoms with Gasteiger partial charge in [0.1, 0.15) is 19.0 Å². The zero-order valence-electron chi connectivity index (χ0n) is 22.8. The lowest BCUT2D eigenvalue weighted by molar-refractivity contribution is -0.173. The van der Waals surface area contributed by atoms with Crippen LogP contribution >= 0.6 is 0 Å². The standard InChI is InChI=1S/C33H31NO6/c1-22-28-18-33(31(36)39-20-24-10-6-4-7-11-24,32(37)40-21-25-12-8-5-9-13-25)19-29(28)23(2)34(30(22)35)26-14-16-27(38-3)17-15-26/h4-17H,18-21H2,1-3H3. The summed E-state index contributed by atoms with van der Waals surface area (Å²) < 4.78 is 18.3. The molecule has 0 N–H and O–H groups in total. The highest BCUT2D eigenvalue weighted by atomic mass is 16.6. The highest BCUT2D eigenvalue weighted by molar-refractivity contribution is 6.01. The summed E-state index contributed by atoms with van der Waals surface area (Å²) in [7, 11) is 1.58. The normalized spacial score (nSPS) is 13.4. The molecule has 4 aromatic rings. The average Bonchev–Trinajstić information content (AvgIpc) is 3.42. The van der Waals surface area contributed by atoms with Gasteiger partial charge in [0.25, 0.3) is 5.56 Å². The molecule has 0 radical (unpaired) electrons. The van der Waals surface area contributed by atoms with E-state index in [1.807, 2.05) is 79.7 Å². The minimum Gasteiger partial charge on any atom is -0.497 e. The van der Waals surface area contributed by atoms with Crippen LogP contribution < -0.4 is 10.3 Å². The minimum absolute atomic E-state index is 0.0281. The van der Waals surface area contributed by atoms with Crippen molar-refractivity contribution in [2.24, 2.45) is 5.41 Å². The number of aromatic nitrogens is 1. The molecule has 204 valence electrons. The monoisotopic (exact) mass is 537 g/mol. The molecule has 1 aliphatic carbocycles. The second-order valence-corrected chi connectivity index (χ2v) is 10.1. The first kappa shape index (κ1) is 26.9. The summed E-state index contributed by atoms with van der Waals surface area (Å²) in [6, 6.07) is 25.8. The summed E-state index contributed by atoms with van der Waals surface area (Å²) >= 11 is 0. The van der Waals surface area contributed by atoms with Crippen molar-refractivity contribution in [2.45, 2.75) is 39.9 Å². The zero-order chi connectivity index (χ0) is 28.3. The Balaban J connectivity index is 1.52. The maximum atomic E-state index is 13.8. The van der Waals surface area contributed by atoms with E-state index >= 15 is 0 Å². The van der Waals surface area contributed by atoms with Crippen molar-refractivity contribution in [3.63, 3.8) is 0 Å². The molecular formula is C33H31NO6. The molecule has 1 heterocycles. The van der Waals surface area contributed by atoms with Gasteiger partial charge < -0.3 is 14.2 Å². The molecule has 40 heavy (non-hydrogen) atoms. The van der Waals surface area contributed by atoms with Gasteiger partial charge in [-0.05, 0) is 60.4 Å². The number of hydrogen-bond acceptors (Lipinski definition) is 6. The number of esters is 2. The van der Waals surface area contributed by atoms with E-state index in [-0.39, 0.29) is 31.6 Å². The fourth-order valence-corrected chi connectivity index (χ4v) is 5.31. The van der Waals surface area contributed by atoms with Gasteiger partial charge in [-0.3, -0.25) is 19.0 Å². The summed E-state index contributed by atoms with van der Waals surface area (Å²) in [5, 5.41) is 0. The van der Waals surface area contributed by atoms with Gasteiger partial charge in [-0.25, -0.2) is 0 Å². The van der Waals surface area contributed by atoms with Crippen molar-refractivity contribution in [1.82, 2.24) is 4.57 Å². The number of rotatable bonds is 8. The van der Waals surface area contributed by atoms with Crippen LogP contribution in [0.3, 0.4) is 0 Å². The molecule has 3 aromatic carbocycles. The second-order valence-electron chi connectivity index (χ2n) is 10.1. The molecule has 7 heteroatoms. The molecule has 0 amide bonds. The summed E-state index contributed by atoms with van der Waals surface area (Å²) in [6.07, 6.45) is 0.113. The lowest BCUT2D eigenvalue weighted by Crippen LogP contribution is -2.43. The third kappa shape index (κ3) is 5.02. The van der Waals surface area contributed by atoms with E-state index in [9.17, 15) is 14.4 Å². The summed E-state index contributed by atoms with van der Waals surface area (Å²) in [4.78, 5) is 41.1. The zero-order valence-corrected chi connectivity index (χ0v) is 22.8. The van der Waals surface area contributed by atoms with Crippen LogP contribution in [-0.4, -0.2) is 23.6 Å². The number of fused-ring (bicyclic) bond motifs is 1. The Morgan fingerprint density at radius 2 is 1.25 bits per heavy atom. The van der Waals surface area contributed by atoms with Crippen molar-refractivity contribution in [2.75, 3.05) is 7.11 Å². The van der Waals surface area contributed by atoms with Crippen LogP contribution in [0.5, 0.6) is 5.75 Å². The van der Waals surface area contributed by atoms with Crippen LogP contribution in [-0.2, 0) is 45.1 Å². The molecule has 0 spiro atoms. The van der Waals surface area contributed by atoms with Gasteiger partial charge in [-0.1, -0.05) is 60.7 Å². The largest absolute Gasteiger partial charge is 0.497 e. The molecule has 1 aromatic heterocycles. The SMILES string of the molecule is COc1ccc(-n2c(C)c3c(c(C)c2=O)CC(C(=O)OCc2ccccc2)(C(=O)OCc2ccccc2)C3)cc1. The van der Waals surface area contributed by atoms with Crippen LogP contribution in [0.25, 0.3) is 5.69 Å². The van der Waals surface area contributed by atoms with Gasteiger partial charge in [-0.15, -0.1) is 0 Å². The van der Waals surface area contributed by atoms with Crippen LogP contribution in [0.15, 0.2) is 89.7 Å². The van der Waals surface area contributed by atoms with Crippen molar-refractivity contribution in [1.29, 1.82) is 0 Å². The number of nitrogens with zero attached hydrogens (tertiary/aromatic N) is 1. The number of hydrogen-bond donors (Lipinski definition) is 0. The number of benzene rings is 3. The molecule has 1 aliphatic rings. The quantitative estimate of drug-likeness (QED) is 0.232. The Labute approximate surface area is 233 Å². The van der Waals surface area contributed by atoms with Crippen molar-refractivity contribution in [3.05, 3.63) is 129 Å². The topological polar surface area (TPSA) is 83.8 Å². The first-order chi connectivity index (χ1) is 19.3. The maximum absolute atomic E-state index is 13.8. The number of ether oxygens (including phenoxy) is 3. The van der Waals surface area contributed by atoms with Crippen LogP contribution in [0.4, 0.5) is 0 Å². The smallest absolute Gasteiger partial charge is 0.324 e.